The van der Waals surface area contributed by atoms with Crippen LogP contribution >= 0.6 is 11.3 Å². The maximum absolute atomic E-state index is 13.4. The number of methoxy groups -OCH3 is 1. The predicted molar refractivity (Wildman–Crippen MR) is 121 cm³/mol. The number of nitrogens with one attached hydrogen (secondary N) is 3. The van der Waals surface area contributed by atoms with Gasteiger partial charge < -0.3 is 20.7 Å². The van der Waals surface area contributed by atoms with Crippen LogP contribution in [0.2, 0.25) is 0 Å². The largest absolute Gasteiger partial charge is 0.383 e. The molecule has 0 saturated carbocycles. The smallest absolute Gasteiger partial charge is 0.248 e. The van der Waals surface area contributed by atoms with E-state index in [-0.39, 0.29) is 23.9 Å². The summed E-state index contributed by atoms with van der Waals surface area (Å²) >= 11 is 1.37. The second-order valence-corrected chi connectivity index (χ2v) is 8.52. The summed E-state index contributed by atoms with van der Waals surface area (Å²) in [6, 6.07) is 2.20. The Bertz CT molecular complexity index is 902. The average molecular weight is 469 g/mol. The first-order valence-electron chi connectivity index (χ1n) is 10.5. The molecule has 2 amide bonds. The molecule has 2 aromatic rings. The van der Waals surface area contributed by atoms with Crippen molar-refractivity contribution in [1.82, 2.24) is 15.6 Å². The van der Waals surface area contributed by atoms with E-state index in [4.69, 9.17) is 4.74 Å². The number of ether oxygens (including phenoxy) is 1. The van der Waals surface area contributed by atoms with Crippen molar-refractivity contribution >= 4 is 28.3 Å². The zero-order valence-electron chi connectivity index (χ0n) is 18.8. The summed E-state index contributed by atoms with van der Waals surface area (Å²) in [7, 11) is 1.64. The number of hydrogen-bond acceptors (Lipinski definition) is 6. The van der Waals surface area contributed by atoms with Crippen molar-refractivity contribution in [3.05, 3.63) is 46.0 Å². The van der Waals surface area contributed by atoms with Crippen LogP contribution in [0.1, 0.15) is 48.9 Å². The third-order valence-electron chi connectivity index (χ3n) is 4.73. The van der Waals surface area contributed by atoms with Crippen LogP contribution in [0.15, 0.2) is 18.2 Å². The van der Waals surface area contributed by atoms with Gasteiger partial charge in [-0.05, 0) is 38.0 Å². The molecule has 0 aliphatic rings. The van der Waals surface area contributed by atoms with E-state index in [1.165, 1.54) is 11.3 Å². The fraction of sp³-hybridized carbons (Fsp3) is 0.500. The number of benzene rings is 1. The van der Waals surface area contributed by atoms with Crippen LogP contribution < -0.4 is 16.0 Å². The Hall–Kier alpha value is -2.43. The lowest BCUT2D eigenvalue weighted by molar-refractivity contribution is -0.126. The third-order valence-corrected chi connectivity index (χ3v) is 5.98. The fourth-order valence-corrected chi connectivity index (χ4v) is 4.22. The molecule has 1 heterocycles. The number of aryl methyl sites for hydroxylation is 1. The van der Waals surface area contributed by atoms with Gasteiger partial charge in [0.1, 0.15) is 17.7 Å². The molecular weight excluding hydrogens is 438 g/mol. The fourth-order valence-electron chi connectivity index (χ4n) is 3.23. The lowest BCUT2D eigenvalue weighted by atomic mass is 10.1. The number of thiazole rings is 1. The molecule has 1 aromatic heterocycles. The van der Waals surface area contributed by atoms with Gasteiger partial charge in [-0.15, -0.1) is 0 Å². The molecule has 0 spiro atoms. The zero-order chi connectivity index (χ0) is 23.7. The van der Waals surface area contributed by atoms with E-state index in [2.05, 4.69) is 20.9 Å². The summed E-state index contributed by atoms with van der Waals surface area (Å²) in [6.45, 7) is 7.06. The molecule has 0 saturated heterocycles. The van der Waals surface area contributed by atoms with Crippen molar-refractivity contribution in [2.45, 2.75) is 52.1 Å². The van der Waals surface area contributed by atoms with E-state index in [0.29, 0.717) is 31.1 Å². The van der Waals surface area contributed by atoms with Crippen LogP contribution in [-0.2, 0) is 20.7 Å². The second-order valence-electron chi connectivity index (χ2n) is 7.49. The van der Waals surface area contributed by atoms with Gasteiger partial charge in [-0.3, -0.25) is 9.59 Å². The van der Waals surface area contributed by atoms with E-state index in [1.54, 1.807) is 7.11 Å². The Morgan fingerprint density at radius 1 is 1.22 bits per heavy atom. The number of hydrogen-bond donors (Lipinski definition) is 3. The van der Waals surface area contributed by atoms with Crippen molar-refractivity contribution in [3.63, 3.8) is 0 Å². The van der Waals surface area contributed by atoms with Gasteiger partial charge in [0.05, 0.1) is 18.7 Å². The van der Waals surface area contributed by atoms with Crippen LogP contribution in [-0.4, -0.2) is 43.1 Å². The van der Waals surface area contributed by atoms with E-state index in [0.717, 1.165) is 28.8 Å². The minimum atomic E-state index is -0.782. The number of aromatic nitrogens is 1. The lowest BCUT2D eigenvalue weighted by Gasteiger charge is -2.17. The SMILES string of the molecule is CCCC(NC(=O)Cc1cc(F)cc(F)c1)C(=O)Nc1nc(C)c(C(C)NCCOC)s1. The van der Waals surface area contributed by atoms with Gasteiger partial charge in [-0.1, -0.05) is 24.7 Å². The van der Waals surface area contributed by atoms with Gasteiger partial charge >= 0.3 is 0 Å². The molecule has 176 valence electrons. The van der Waals surface area contributed by atoms with E-state index < -0.39 is 23.6 Å². The Kier molecular flexibility index (Phi) is 10.1. The van der Waals surface area contributed by atoms with E-state index in [1.807, 2.05) is 20.8 Å². The Labute approximate surface area is 191 Å². The monoisotopic (exact) mass is 468 g/mol. The summed E-state index contributed by atoms with van der Waals surface area (Å²) in [5.74, 6) is -2.38. The molecule has 0 bridgehead atoms. The molecular formula is C22H30F2N4O3S. The third kappa shape index (κ3) is 7.92. The predicted octanol–water partition coefficient (Wildman–Crippen LogP) is 3.49. The maximum atomic E-state index is 13.4. The van der Waals surface area contributed by atoms with Gasteiger partial charge in [0, 0.05) is 30.6 Å². The second kappa shape index (κ2) is 12.6. The summed E-state index contributed by atoms with van der Waals surface area (Å²) in [5.41, 5.74) is 1.01. The number of halogens is 2. The van der Waals surface area contributed by atoms with Gasteiger partial charge in [-0.25, -0.2) is 13.8 Å². The number of carbonyl (C=O) groups excluding carboxylic acids is 2. The molecule has 1 aromatic carbocycles. The molecule has 2 rings (SSSR count). The molecule has 0 aliphatic heterocycles. The highest BCUT2D eigenvalue weighted by atomic mass is 32.1. The molecule has 0 fully saturated rings. The van der Waals surface area contributed by atoms with Crippen molar-refractivity contribution in [1.29, 1.82) is 0 Å². The summed E-state index contributed by atoms with van der Waals surface area (Å²) in [4.78, 5) is 30.6. The number of rotatable bonds is 12. The highest BCUT2D eigenvalue weighted by molar-refractivity contribution is 7.16. The van der Waals surface area contributed by atoms with Gasteiger partial charge in [0.2, 0.25) is 11.8 Å². The number of nitrogens with zero attached hydrogens (tertiary/aromatic N) is 1. The van der Waals surface area contributed by atoms with Gasteiger partial charge in [-0.2, -0.15) is 0 Å². The maximum Gasteiger partial charge on any atom is 0.248 e. The highest BCUT2D eigenvalue weighted by Gasteiger charge is 2.22. The number of amides is 2. The van der Waals surface area contributed by atoms with Gasteiger partial charge in [0.25, 0.3) is 0 Å². The Morgan fingerprint density at radius 3 is 2.53 bits per heavy atom. The molecule has 2 unspecified atom stereocenters. The molecule has 32 heavy (non-hydrogen) atoms. The molecule has 3 N–H and O–H groups in total. The van der Waals surface area contributed by atoms with Crippen LogP contribution in [0.4, 0.5) is 13.9 Å². The van der Waals surface area contributed by atoms with Crippen LogP contribution in [0, 0.1) is 18.6 Å². The highest BCUT2D eigenvalue weighted by Crippen LogP contribution is 2.28. The van der Waals surface area contributed by atoms with Crippen LogP contribution in [0.25, 0.3) is 0 Å². The zero-order valence-corrected chi connectivity index (χ0v) is 19.6. The Morgan fingerprint density at radius 2 is 1.91 bits per heavy atom. The number of anilines is 1. The molecule has 0 aliphatic carbocycles. The normalized spacial score (nSPS) is 12.9. The topological polar surface area (TPSA) is 92.4 Å². The van der Waals surface area contributed by atoms with Crippen molar-refractivity contribution in [2.75, 3.05) is 25.6 Å². The van der Waals surface area contributed by atoms with Crippen molar-refractivity contribution in [3.8, 4) is 0 Å². The first-order chi connectivity index (χ1) is 15.2. The molecule has 2 atom stereocenters. The quantitative estimate of drug-likeness (QED) is 0.415. The average Bonchev–Trinajstić information content (AvgIpc) is 3.07. The van der Waals surface area contributed by atoms with Crippen molar-refractivity contribution < 1.29 is 23.1 Å². The summed E-state index contributed by atoms with van der Waals surface area (Å²) in [6.07, 6.45) is 0.851. The minimum Gasteiger partial charge on any atom is -0.383 e. The van der Waals surface area contributed by atoms with E-state index in [9.17, 15) is 18.4 Å². The van der Waals surface area contributed by atoms with Gasteiger partial charge in [0.15, 0.2) is 5.13 Å². The first-order valence-corrected chi connectivity index (χ1v) is 11.3. The standard InChI is InChI=1S/C22H30F2N4O3S/c1-5-6-18(27-19(29)11-15-9-16(23)12-17(24)10-15)21(30)28-22-26-14(3)20(32-22)13(2)25-7-8-31-4/h9-10,12-13,18,25H,5-8,11H2,1-4H3,(H,27,29)(H,26,28,30). The van der Waals surface area contributed by atoms with E-state index >= 15 is 0 Å². The Balaban J connectivity index is 2.00. The molecule has 10 heteroatoms. The minimum absolute atomic E-state index is 0.0473. The number of carbonyl (C=O) groups is 2. The summed E-state index contributed by atoms with van der Waals surface area (Å²) < 4.78 is 31.8. The molecule has 0 radical (unpaired) electrons. The first kappa shape index (κ1) is 25.8. The van der Waals surface area contributed by atoms with Crippen LogP contribution in [0.5, 0.6) is 0 Å². The van der Waals surface area contributed by atoms with Crippen LogP contribution in [0.3, 0.4) is 0 Å². The summed E-state index contributed by atoms with van der Waals surface area (Å²) in [5, 5.41) is 9.22. The molecule has 7 nitrogen and oxygen atoms in total. The van der Waals surface area contributed by atoms with Crippen molar-refractivity contribution in [2.24, 2.45) is 0 Å². The lowest BCUT2D eigenvalue weighted by Crippen LogP contribution is -2.44.